The third-order valence-corrected chi connectivity index (χ3v) is 5.85. The van der Waals surface area contributed by atoms with Crippen molar-refractivity contribution in [3.05, 3.63) is 52.9 Å². The summed E-state index contributed by atoms with van der Waals surface area (Å²) in [5.41, 5.74) is 2.90. The Balaban J connectivity index is 1.60. The van der Waals surface area contributed by atoms with Gasteiger partial charge in [-0.15, -0.1) is 11.3 Å². The summed E-state index contributed by atoms with van der Waals surface area (Å²) in [5.74, 6) is -0.309. The monoisotopic (exact) mass is 458 g/mol. The van der Waals surface area contributed by atoms with Crippen LogP contribution in [0.4, 0.5) is 5.69 Å². The molecule has 0 unspecified atom stereocenters. The maximum atomic E-state index is 12.4. The molecule has 0 radical (unpaired) electrons. The summed E-state index contributed by atoms with van der Waals surface area (Å²) >= 11 is 7.77. The molecule has 1 aromatic heterocycles. The highest BCUT2D eigenvalue weighted by Crippen LogP contribution is 2.38. The highest BCUT2D eigenvalue weighted by molar-refractivity contribution is 7.13. The zero-order valence-electron chi connectivity index (χ0n) is 16.7. The normalized spacial score (nSPS) is 13.0. The quantitative estimate of drug-likeness (QED) is 0.392. The second-order valence-electron chi connectivity index (χ2n) is 6.68. The Morgan fingerprint density at radius 1 is 1.26 bits per heavy atom. The molecule has 0 saturated carbocycles. The van der Waals surface area contributed by atoms with Gasteiger partial charge >= 0.3 is 5.97 Å². The minimum atomic E-state index is -0.515. The van der Waals surface area contributed by atoms with Crippen molar-refractivity contribution in [1.82, 2.24) is 4.98 Å². The van der Waals surface area contributed by atoms with Gasteiger partial charge in [-0.05, 0) is 24.3 Å². The Labute approximate surface area is 188 Å². The molecular formula is C22H19ClN2O5S. The second kappa shape index (κ2) is 9.47. The first-order valence-electron chi connectivity index (χ1n) is 9.49. The number of halogens is 1. The van der Waals surface area contributed by atoms with Gasteiger partial charge in [0, 0.05) is 23.6 Å². The average molecular weight is 459 g/mol. The number of amides is 1. The first-order chi connectivity index (χ1) is 15.1. The van der Waals surface area contributed by atoms with Crippen LogP contribution in [0.15, 0.2) is 47.8 Å². The molecule has 1 aliphatic rings. The van der Waals surface area contributed by atoms with E-state index in [4.69, 9.17) is 30.8 Å². The minimum Gasteiger partial charge on any atom is -0.482 e. The molecule has 0 fully saturated rings. The number of hydrogen-bond acceptors (Lipinski definition) is 7. The fourth-order valence-electron chi connectivity index (χ4n) is 3.11. The molecule has 0 N–H and O–H groups in total. The van der Waals surface area contributed by atoms with Crippen molar-refractivity contribution in [3.8, 4) is 27.6 Å². The molecule has 0 atom stereocenters. The summed E-state index contributed by atoms with van der Waals surface area (Å²) in [7, 11) is 1.52. The van der Waals surface area contributed by atoms with E-state index in [1.165, 1.54) is 23.3 Å². The van der Waals surface area contributed by atoms with Crippen LogP contribution >= 0.6 is 22.9 Å². The smallest absolute Gasteiger partial charge is 0.326 e. The van der Waals surface area contributed by atoms with Crippen molar-refractivity contribution in [2.45, 2.75) is 0 Å². The number of hydrogen-bond donors (Lipinski definition) is 0. The molecule has 3 aromatic rings. The lowest BCUT2D eigenvalue weighted by Gasteiger charge is -2.29. The number of esters is 1. The molecule has 0 bridgehead atoms. The summed E-state index contributed by atoms with van der Waals surface area (Å²) in [6.07, 6.45) is 0. The lowest BCUT2D eigenvalue weighted by Crippen LogP contribution is -2.42. The van der Waals surface area contributed by atoms with Crippen molar-refractivity contribution < 1.29 is 23.8 Å². The number of carbonyl (C=O) groups excluding carboxylic acids is 2. The van der Waals surface area contributed by atoms with Gasteiger partial charge in [-0.2, -0.15) is 0 Å². The van der Waals surface area contributed by atoms with Crippen molar-refractivity contribution in [3.63, 3.8) is 0 Å². The Hall–Kier alpha value is -2.94. The Kier molecular flexibility index (Phi) is 6.50. The van der Waals surface area contributed by atoms with Crippen LogP contribution in [0.5, 0.6) is 5.75 Å². The average Bonchev–Trinajstić information content (AvgIpc) is 3.26. The largest absolute Gasteiger partial charge is 0.482 e. The number of rotatable bonds is 7. The van der Waals surface area contributed by atoms with Gasteiger partial charge in [0.05, 0.1) is 23.0 Å². The number of carbonyl (C=O) groups is 2. The minimum absolute atomic E-state index is 0.129. The Morgan fingerprint density at radius 2 is 2.10 bits per heavy atom. The highest BCUT2D eigenvalue weighted by atomic mass is 35.5. The third-order valence-electron chi connectivity index (χ3n) is 4.64. The van der Waals surface area contributed by atoms with Crippen LogP contribution < -0.4 is 9.64 Å². The van der Waals surface area contributed by atoms with Gasteiger partial charge in [-0.25, -0.2) is 4.98 Å². The van der Waals surface area contributed by atoms with Crippen LogP contribution in [0.25, 0.3) is 21.8 Å². The van der Waals surface area contributed by atoms with Gasteiger partial charge in [-0.3, -0.25) is 14.5 Å². The summed E-state index contributed by atoms with van der Waals surface area (Å²) in [6.45, 7) is 0.0842. The molecule has 0 saturated heterocycles. The van der Waals surface area contributed by atoms with E-state index in [1.807, 2.05) is 35.7 Å². The van der Waals surface area contributed by atoms with Gasteiger partial charge in [0.2, 0.25) is 0 Å². The molecule has 0 aliphatic carbocycles. The molecule has 1 amide bonds. The van der Waals surface area contributed by atoms with Crippen molar-refractivity contribution >= 4 is 40.5 Å². The maximum Gasteiger partial charge on any atom is 0.326 e. The Bertz CT molecular complexity index is 1120. The number of fused-ring (bicyclic) bond motifs is 1. The number of ether oxygens (including phenoxy) is 3. The Morgan fingerprint density at radius 3 is 2.90 bits per heavy atom. The first-order valence-corrected chi connectivity index (χ1v) is 10.7. The lowest BCUT2D eigenvalue weighted by atomic mass is 10.1. The molecule has 2 heterocycles. The van der Waals surface area contributed by atoms with E-state index in [0.29, 0.717) is 23.1 Å². The molecular weight excluding hydrogens is 440 g/mol. The maximum absolute atomic E-state index is 12.4. The van der Waals surface area contributed by atoms with Crippen molar-refractivity contribution in [1.29, 1.82) is 0 Å². The topological polar surface area (TPSA) is 78.0 Å². The third kappa shape index (κ3) is 4.71. The van der Waals surface area contributed by atoms with Gasteiger partial charge in [0.15, 0.2) is 6.61 Å². The van der Waals surface area contributed by atoms with Gasteiger partial charge in [-0.1, -0.05) is 29.8 Å². The van der Waals surface area contributed by atoms with Crippen LogP contribution in [0.3, 0.4) is 0 Å². The predicted molar refractivity (Wildman–Crippen MR) is 119 cm³/mol. The number of nitrogens with zero attached hydrogens (tertiary/aromatic N) is 2. The second-order valence-corrected chi connectivity index (χ2v) is 7.95. The standard InChI is InChI=1S/C22H19ClN2O5S/c1-28-8-9-29-21(27)11-25-18-10-14(6-7-19(18)30-12-20(25)26)17-13-31-22(24-17)15-4-2-3-5-16(15)23/h2-7,10,13H,8-9,11-12H2,1H3. The zero-order valence-corrected chi connectivity index (χ0v) is 18.2. The zero-order chi connectivity index (χ0) is 21.8. The number of thiazole rings is 1. The number of benzene rings is 2. The molecule has 7 nitrogen and oxygen atoms in total. The van der Waals surface area contributed by atoms with Crippen LogP contribution in [0.2, 0.25) is 5.02 Å². The summed E-state index contributed by atoms with van der Waals surface area (Å²) < 4.78 is 15.5. The van der Waals surface area contributed by atoms with Gasteiger partial charge in [0.25, 0.3) is 5.91 Å². The van der Waals surface area contributed by atoms with E-state index in [0.717, 1.165) is 21.8 Å². The SMILES string of the molecule is COCCOC(=O)CN1C(=O)COc2ccc(-c3csc(-c4ccccc4Cl)n3)cc21. The molecule has 2 aromatic carbocycles. The van der Waals surface area contributed by atoms with E-state index in [1.54, 1.807) is 12.1 Å². The fourth-order valence-corrected chi connectivity index (χ4v) is 4.26. The van der Waals surface area contributed by atoms with Crippen LogP contribution in [-0.4, -0.2) is 50.3 Å². The molecule has 31 heavy (non-hydrogen) atoms. The van der Waals surface area contributed by atoms with Crippen LogP contribution in [0, 0.1) is 0 Å². The lowest BCUT2D eigenvalue weighted by molar-refractivity contribution is -0.144. The van der Waals surface area contributed by atoms with Gasteiger partial charge < -0.3 is 14.2 Å². The van der Waals surface area contributed by atoms with Crippen molar-refractivity contribution in [2.24, 2.45) is 0 Å². The van der Waals surface area contributed by atoms with E-state index in [9.17, 15) is 9.59 Å². The fraction of sp³-hybridized carbons (Fsp3) is 0.227. The van der Waals surface area contributed by atoms with Crippen LogP contribution in [0.1, 0.15) is 0 Å². The molecule has 1 aliphatic heterocycles. The number of anilines is 1. The summed E-state index contributed by atoms with van der Waals surface area (Å²) in [4.78, 5) is 30.7. The molecule has 0 spiro atoms. The summed E-state index contributed by atoms with van der Waals surface area (Å²) in [6, 6.07) is 13.0. The van der Waals surface area contributed by atoms with E-state index < -0.39 is 5.97 Å². The van der Waals surface area contributed by atoms with Crippen molar-refractivity contribution in [2.75, 3.05) is 38.4 Å². The summed E-state index contributed by atoms with van der Waals surface area (Å²) in [5, 5.41) is 3.35. The molecule has 9 heteroatoms. The number of methoxy groups -OCH3 is 1. The molecule has 4 rings (SSSR count). The van der Waals surface area contributed by atoms with Gasteiger partial charge in [0.1, 0.15) is 23.9 Å². The van der Waals surface area contributed by atoms with E-state index >= 15 is 0 Å². The highest BCUT2D eigenvalue weighted by Gasteiger charge is 2.28. The number of aromatic nitrogens is 1. The van der Waals surface area contributed by atoms with Crippen LogP contribution in [-0.2, 0) is 19.1 Å². The van der Waals surface area contributed by atoms with E-state index in [2.05, 4.69) is 0 Å². The predicted octanol–water partition coefficient (Wildman–Crippen LogP) is 4.05. The first kappa shape index (κ1) is 21.3. The van der Waals surface area contributed by atoms with E-state index in [-0.39, 0.29) is 25.7 Å². The molecule has 160 valence electrons.